The minimum atomic E-state index is -1.66. The van der Waals surface area contributed by atoms with Crippen molar-refractivity contribution in [3.05, 3.63) is 12.2 Å². The Morgan fingerprint density at radius 1 is 0.694 bits per heavy atom. The fourth-order valence-electron chi connectivity index (χ4n) is 6.20. The third kappa shape index (κ3) is 20.5. The number of allylic oxidation sites excluding steroid dienone is 2. The van der Waals surface area contributed by atoms with Crippen LogP contribution in [0, 0.1) is 0 Å². The first-order valence-electron chi connectivity index (χ1n) is 19.6. The van der Waals surface area contributed by atoms with Crippen LogP contribution in [0.2, 0.25) is 0 Å². The molecule has 1 aliphatic heterocycles. The van der Waals surface area contributed by atoms with Crippen LogP contribution in [0.4, 0.5) is 0 Å². The Labute approximate surface area is 296 Å². The third-order valence-corrected chi connectivity index (χ3v) is 9.57. The predicted molar refractivity (Wildman–Crippen MR) is 192 cm³/mol. The molecule has 11 nitrogen and oxygen atoms in total. The monoisotopic (exact) mass is 704 g/mol. The summed E-state index contributed by atoms with van der Waals surface area (Å²) >= 11 is 0. The summed E-state index contributed by atoms with van der Waals surface area (Å²) in [7, 11) is 0. The van der Waals surface area contributed by atoms with E-state index in [4.69, 9.17) is 9.47 Å². The topological polar surface area (TPSA) is 189 Å². The van der Waals surface area contributed by atoms with Crippen molar-refractivity contribution >= 4 is 5.91 Å². The number of carbonyl (C=O) groups is 1. The van der Waals surface area contributed by atoms with Gasteiger partial charge in [0.1, 0.15) is 36.6 Å². The summed E-state index contributed by atoms with van der Waals surface area (Å²) in [6.45, 7) is 3.34. The lowest BCUT2D eigenvalue weighted by Crippen LogP contribution is -2.60. The van der Waals surface area contributed by atoms with Gasteiger partial charge in [-0.15, -0.1) is 0 Å². The van der Waals surface area contributed by atoms with Crippen molar-refractivity contribution in [1.82, 2.24) is 5.32 Å². The molecule has 0 radical (unpaired) electrons. The number of amides is 1. The van der Waals surface area contributed by atoms with Crippen LogP contribution in [0.3, 0.4) is 0 Å². The maximum atomic E-state index is 12.9. The summed E-state index contributed by atoms with van der Waals surface area (Å²) in [5.41, 5.74) is 0. The van der Waals surface area contributed by atoms with Crippen LogP contribution in [-0.2, 0) is 14.3 Å². The van der Waals surface area contributed by atoms with Gasteiger partial charge in [-0.1, -0.05) is 129 Å². The van der Waals surface area contributed by atoms with E-state index in [1.165, 1.54) is 77.0 Å². The van der Waals surface area contributed by atoms with Gasteiger partial charge in [-0.2, -0.15) is 0 Å². The molecule has 0 saturated carbocycles. The molecule has 1 amide bonds. The molecule has 49 heavy (non-hydrogen) atoms. The Bertz CT molecular complexity index is 815. The molecule has 1 heterocycles. The first-order valence-corrected chi connectivity index (χ1v) is 19.6. The van der Waals surface area contributed by atoms with Gasteiger partial charge in [-0.25, -0.2) is 0 Å². The average molecular weight is 704 g/mol. The number of aliphatic hydroxyl groups is 7. The molecular weight excluding hydrogens is 630 g/mol. The van der Waals surface area contributed by atoms with Gasteiger partial charge < -0.3 is 50.5 Å². The van der Waals surface area contributed by atoms with E-state index in [0.717, 1.165) is 38.5 Å². The molecule has 0 aromatic heterocycles. The molecule has 9 unspecified atom stereocenters. The maximum absolute atomic E-state index is 12.9. The van der Waals surface area contributed by atoms with E-state index in [0.29, 0.717) is 12.8 Å². The van der Waals surface area contributed by atoms with Gasteiger partial charge in [-0.3, -0.25) is 4.79 Å². The lowest BCUT2D eigenvalue weighted by Gasteiger charge is -2.40. The summed E-state index contributed by atoms with van der Waals surface area (Å²) in [5, 5.41) is 75.0. The number of carbonyl (C=O) groups excluding carboxylic acids is 1. The molecular formula is C38H73NO10. The van der Waals surface area contributed by atoms with Crippen LogP contribution in [-0.4, -0.2) is 110 Å². The van der Waals surface area contributed by atoms with Crippen LogP contribution in [0.15, 0.2) is 12.2 Å². The Morgan fingerprint density at radius 2 is 1.20 bits per heavy atom. The zero-order valence-electron chi connectivity index (χ0n) is 30.7. The molecule has 1 fully saturated rings. The standard InChI is InChI=1S/C38H73NO10/c1-3-5-7-9-11-13-14-15-16-17-18-20-21-23-25-30(41)33(43)29(28-48-38-36(46)35(45)34(44)32(27-40)49-38)39-37(47)31(42)26-24-22-19-12-10-8-6-4-2/h18,20,29-36,38,40-46H,3-17,19,21-28H2,1-2H3,(H,39,47)/b20-18+. The number of unbranched alkanes of at least 4 members (excludes halogenated alkanes) is 17. The molecule has 11 heteroatoms. The van der Waals surface area contributed by atoms with Crippen molar-refractivity contribution in [2.75, 3.05) is 13.2 Å². The van der Waals surface area contributed by atoms with E-state index in [2.05, 4.69) is 31.3 Å². The quantitative estimate of drug-likeness (QED) is 0.0376. The summed E-state index contributed by atoms with van der Waals surface area (Å²) in [6, 6.07) is -1.18. The molecule has 0 aliphatic carbocycles. The Hall–Kier alpha value is -1.15. The molecule has 1 saturated heterocycles. The molecule has 290 valence electrons. The minimum Gasteiger partial charge on any atom is -0.394 e. The lowest BCUT2D eigenvalue weighted by atomic mass is 9.98. The summed E-state index contributed by atoms with van der Waals surface area (Å²) < 4.78 is 11.0. The summed E-state index contributed by atoms with van der Waals surface area (Å²) in [6.07, 6.45) is 15.8. The number of hydrogen-bond donors (Lipinski definition) is 8. The molecule has 0 spiro atoms. The number of aliphatic hydroxyl groups excluding tert-OH is 7. The second-order valence-electron chi connectivity index (χ2n) is 14.0. The van der Waals surface area contributed by atoms with Crippen molar-refractivity contribution < 1.29 is 50.0 Å². The zero-order valence-corrected chi connectivity index (χ0v) is 30.7. The normalized spacial score (nSPS) is 23.8. The van der Waals surface area contributed by atoms with Crippen molar-refractivity contribution in [1.29, 1.82) is 0 Å². The van der Waals surface area contributed by atoms with Gasteiger partial charge >= 0.3 is 0 Å². The lowest BCUT2D eigenvalue weighted by molar-refractivity contribution is -0.303. The van der Waals surface area contributed by atoms with E-state index < -0.39 is 74.2 Å². The fourth-order valence-corrected chi connectivity index (χ4v) is 6.20. The number of nitrogens with one attached hydrogen (secondary N) is 1. The highest BCUT2D eigenvalue weighted by Crippen LogP contribution is 2.23. The van der Waals surface area contributed by atoms with Crippen molar-refractivity contribution in [3.63, 3.8) is 0 Å². The molecule has 8 N–H and O–H groups in total. The van der Waals surface area contributed by atoms with Crippen LogP contribution < -0.4 is 5.32 Å². The van der Waals surface area contributed by atoms with Crippen molar-refractivity contribution in [2.24, 2.45) is 0 Å². The van der Waals surface area contributed by atoms with Gasteiger partial charge in [0.15, 0.2) is 6.29 Å². The van der Waals surface area contributed by atoms with Crippen LogP contribution >= 0.6 is 0 Å². The first kappa shape index (κ1) is 45.9. The van der Waals surface area contributed by atoms with Crippen LogP contribution in [0.1, 0.15) is 155 Å². The second-order valence-corrected chi connectivity index (χ2v) is 14.0. The van der Waals surface area contributed by atoms with Gasteiger partial charge in [0.25, 0.3) is 0 Å². The Kier molecular flexibility index (Phi) is 27.6. The SMILES string of the molecule is CCCCCCCCCCC/C=C/CCCC(O)C(O)C(COC1OC(CO)C(O)C(O)C1O)NC(=O)C(O)CCCCCCCCCC. The molecule has 1 rings (SSSR count). The van der Waals surface area contributed by atoms with Gasteiger partial charge in [0.2, 0.25) is 5.91 Å². The van der Waals surface area contributed by atoms with Crippen LogP contribution in [0.5, 0.6) is 0 Å². The van der Waals surface area contributed by atoms with Gasteiger partial charge in [-0.05, 0) is 38.5 Å². The average Bonchev–Trinajstić information content (AvgIpc) is 3.10. The van der Waals surface area contributed by atoms with E-state index in [9.17, 15) is 40.5 Å². The molecule has 0 aromatic rings. The fraction of sp³-hybridized carbons (Fsp3) is 0.921. The Morgan fingerprint density at radius 3 is 1.76 bits per heavy atom. The molecule has 1 aliphatic rings. The highest BCUT2D eigenvalue weighted by Gasteiger charge is 2.44. The molecule has 0 aromatic carbocycles. The highest BCUT2D eigenvalue weighted by molar-refractivity contribution is 5.80. The number of hydrogen-bond acceptors (Lipinski definition) is 10. The van der Waals surface area contributed by atoms with Crippen molar-refractivity contribution in [3.8, 4) is 0 Å². The van der Waals surface area contributed by atoms with Crippen molar-refractivity contribution in [2.45, 2.75) is 210 Å². The first-order chi connectivity index (χ1) is 23.7. The summed E-state index contributed by atoms with van der Waals surface area (Å²) in [5.74, 6) is -0.712. The zero-order chi connectivity index (χ0) is 36.3. The predicted octanol–water partition coefficient (Wildman–Crippen LogP) is 4.55. The second kappa shape index (κ2) is 29.4. The molecule has 0 bridgehead atoms. The summed E-state index contributed by atoms with van der Waals surface area (Å²) in [4.78, 5) is 12.9. The van der Waals surface area contributed by atoms with Crippen LogP contribution in [0.25, 0.3) is 0 Å². The van der Waals surface area contributed by atoms with E-state index >= 15 is 0 Å². The highest BCUT2D eigenvalue weighted by atomic mass is 16.7. The van der Waals surface area contributed by atoms with E-state index in [1.54, 1.807) is 0 Å². The molecule has 9 atom stereocenters. The number of rotatable bonds is 31. The van der Waals surface area contributed by atoms with E-state index in [1.807, 2.05) is 0 Å². The van der Waals surface area contributed by atoms with Gasteiger partial charge in [0, 0.05) is 0 Å². The maximum Gasteiger partial charge on any atom is 0.249 e. The van der Waals surface area contributed by atoms with Gasteiger partial charge in [0.05, 0.1) is 25.4 Å². The Balaban J connectivity index is 2.58. The number of ether oxygens (including phenoxy) is 2. The minimum absolute atomic E-state index is 0.255. The third-order valence-electron chi connectivity index (χ3n) is 9.57. The largest absolute Gasteiger partial charge is 0.394 e. The van der Waals surface area contributed by atoms with E-state index in [-0.39, 0.29) is 12.8 Å². The smallest absolute Gasteiger partial charge is 0.249 e.